The van der Waals surface area contributed by atoms with Gasteiger partial charge in [0.1, 0.15) is 5.75 Å². The Kier molecular flexibility index (Phi) is 7.64. The second kappa shape index (κ2) is 10.3. The zero-order valence-corrected chi connectivity index (χ0v) is 20.3. The predicted molar refractivity (Wildman–Crippen MR) is 122 cm³/mol. The topological polar surface area (TPSA) is 112 Å². The Morgan fingerprint density at radius 1 is 1.11 bits per heavy atom. The number of nitrogens with zero attached hydrogens (tertiary/aromatic N) is 5. The van der Waals surface area contributed by atoms with Crippen molar-refractivity contribution >= 4 is 0 Å². The summed E-state index contributed by atoms with van der Waals surface area (Å²) in [6.45, 7) is 7.16. The van der Waals surface area contributed by atoms with Crippen LogP contribution in [0.5, 0.6) is 17.4 Å². The fraction of sp³-hybridized carbons (Fsp3) is 0.375. The Labute approximate surface area is 205 Å². The molecule has 12 heteroatoms. The number of hydrogen-bond acceptors (Lipinski definition) is 8. The van der Waals surface area contributed by atoms with Crippen LogP contribution in [-0.4, -0.2) is 32.5 Å². The Balaban J connectivity index is 2.02. The van der Waals surface area contributed by atoms with Crippen molar-refractivity contribution in [1.82, 2.24) is 19.7 Å². The van der Waals surface area contributed by atoms with Crippen LogP contribution in [0.15, 0.2) is 35.4 Å². The van der Waals surface area contributed by atoms with E-state index in [2.05, 4.69) is 15.2 Å². The molecule has 0 fully saturated rings. The van der Waals surface area contributed by atoms with Crippen molar-refractivity contribution < 1.29 is 27.4 Å². The van der Waals surface area contributed by atoms with E-state index in [0.29, 0.717) is 11.1 Å². The molecule has 0 saturated carbocycles. The molecule has 0 atom stereocenters. The number of ether oxygens (including phenoxy) is 3. The van der Waals surface area contributed by atoms with E-state index in [4.69, 9.17) is 19.5 Å². The van der Waals surface area contributed by atoms with Crippen LogP contribution >= 0.6 is 0 Å². The Morgan fingerprint density at radius 2 is 1.83 bits per heavy atom. The lowest BCUT2D eigenvalue weighted by molar-refractivity contribution is -0.142. The molecule has 0 unspecified atom stereocenters. The van der Waals surface area contributed by atoms with Gasteiger partial charge in [0.2, 0.25) is 11.6 Å². The quantitative estimate of drug-likeness (QED) is 0.467. The van der Waals surface area contributed by atoms with Crippen molar-refractivity contribution in [2.45, 2.75) is 52.6 Å². The maximum Gasteiger partial charge on any atom is 0.437 e. The predicted octanol–water partition coefficient (Wildman–Crippen LogP) is 4.40. The number of hydrogen-bond donors (Lipinski definition) is 0. The summed E-state index contributed by atoms with van der Waals surface area (Å²) in [6.07, 6.45) is -4.18. The van der Waals surface area contributed by atoms with Gasteiger partial charge in [0.05, 0.1) is 49.5 Å². The third-order valence-electron chi connectivity index (χ3n) is 4.74. The number of aromatic nitrogens is 4. The molecule has 0 saturated heterocycles. The lowest BCUT2D eigenvalue weighted by Gasteiger charge is -2.20. The van der Waals surface area contributed by atoms with E-state index >= 15 is 0 Å². The number of alkyl halides is 3. The molecular formula is C24H24F3N5O4. The van der Waals surface area contributed by atoms with Crippen molar-refractivity contribution in [2.75, 3.05) is 7.11 Å². The monoisotopic (exact) mass is 503 g/mol. The number of halogens is 3. The van der Waals surface area contributed by atoms with Gasteiger partial charge >= 0.3 is 6.18 Å². The first kappa shape index (κ1) is 26.6. The summed E-state index contributed by atoms with van der Waals surface area (Å²) in [6, 6.07) is 7.66. The normalized spacial score (nSPS) is 11.8. The van der Waals surface area contributed by atoms with E-state index in [9.17, 15) is 18.0 Å². The van der Waals surface area contributed by atoms with Gasteiger partial charge in [0, 0.05) is 5.56 Å². The highest BCUT2D eigenvalue weighted by Crippen LogP contribution is 2.35. The minimum atomic E-state index is -4.95. The molecule has 1 aromatic carbocycles. The highest BCUT2D eigenvalue weighted by molar-refractivity contribution is 5.43. The Bertz CT molecular complexity index is 1360. The lowest BCUT2D eigenvalue weighted by Crippen LogP contribution is -2.27. The van der Waals surface area contributed by atoms with Crippen molar-refractivity contribution in [1.29, 1.82) is 5.26 Å². The van der Waals surface area contributed by atoms with Gasteiger partial charge in [-0.2, -0.15) is 18.4 Å². The van der Waals surface area contributed by atoms with E-state index in [1.165, 1.54) is 25.3 Å². The fourth-order valence-electron chi connectivity index (χ4n) is 3.15. The maximum absolute atomic E-state index is 13.6. The number of methoxy groups -OCH3 is 1. The first-order valence-electron chi connectivity index (χ1n) is 10.7. The lowest BCUT2D eigenvalue weighted by atomic mass is 10.1. The summed E-state index contributed by atoms with van der Waals surface area (Å²) >= 11 is 0. The van der Waals surface area contributed by atoms with Crippen molar-refractivity contribution in [3.05, 3.63) is 69.0 Å². The van der Waals surface area contributed by atoms with Crippen LogP contribution in [0.1, 0.15) is 48.8 Å². The molecule has 0 spiro atoms. The third kappa shape index (κ3) is 6.57. The average Bonchev–Trinajstić information content (AvgIpc) is 2.78. The molecule has 0 aliphatic carbocycles. The summed E-state index contributed by atoms with van der Waals surface area (Å²) in [5, 5.41) is 17.1. The highest BCUT2D eigenvalue weighted by Gasteiger charge is 2.38. The van der Waals surface area contributed by atoms with E-state index in [1.54, 1.807) is 13.0 Å². The SMILES string of the molecule is COc1nnc(Cn2cnc(C(F)(F)F)c(Oc3cc(C)cc(C#N)c3)c2=O)cc1COC(C)(C)C. The molecule has 0 N–H and O–H groups in total. The smallest absolute Gasteiger partial charge is 0.437 e. The molecule has 0 bridgehead atoms. The third-order valence-corrected chi connectivity index (χ3v) is 4.74. The van der Waals surface area contributed by atoms with Crippen molar-refractivity contribution in [3.63, 3.8) is 0 Å². The Hall–Kier alpha value is -3.98. The van der Waals surface area contributed by atoms with E-state index in [1.807, 2.05) is 26.8 Å². The number of aryl methyl sites for hydroxylation is 1. The van der Waals surface area contributed by atoms with Gasteiger partial charge in [-0.25, -0.2) is 4.98 Å². The van der Waals surface area contributed by atoms with Gasteiger partial charge in [-0.05, 0) is 57.5 Å². The molecule has 0 aliphatic heterocycles. The van der Waals surface area contributed by atoms with Gasteiger partial charge in [-0.1, -0.05) is 0 Å². The Morgan fingerprint density at radius 3 is 2.44 bits per heavy atom. The van der Waals surface area contributed by atoms with Gasteiger partial charge < -0.3 is 14.2 Å². The summed E-state index contributed by atoms with van der Waals surface area (Å²) in [5.74, 6) is -0.894. The van der Waals surface area contributed by atoms with Gasteiger partial charge in [-0.3, -0.25) is 9.36 Å². The zero-order chi connectivity index (χ0) is 26.7. The highest BCUT2D eigenvalue weighted by atomic mass is 19.4. The summed E-state index contributed by atoms with van der Waals surface area (Å²) in [4.78, 5) is 16.5. The first-order chi connectivity index (χ1) is 16.8. The van der Waals surface area contributed by atoms with Gasteiger partial charge in [0.15, 0.2) is 5.69 Å². The van der Waals surface area contributed by atoms with Crippen LogP contribution in [0.25, 0.3) is 0 Å². The minimum absolute atomic E-state index is 0.0976. The molecule has 2 heterocycles. The first-order valence-corrected chi connectivity index (χ1v) is 10.7. The van der Waals surface area contributed by atoms with Crippen LogP contribution < -0.4 is 15.0 Å². The van der Waals surface area contributed by atoms with E-state index < -0.39 is 28.8 Å². The number of rotatable bonds is 7. The molecule has 190 valence electrons. The molecule has 0 radical (unpaired) electrons. The van der Waals surface area contributed by atoms with Crippen LogP contribution in [0.3, 0.4) is 0 Å². The standard InChI is InChI=1S/C24H24F3N5O4/c1-14-6-15(10-28)8-18(7-14)36-19-20(24(25,26)27)29-13-32(22(19)33)11-17-9-16(12-35-23(2,3)4)21(34-5)31-30-17/h6-9,13H,11-12H2,1-5H3. The zero-order valence-electron chi connectivity index (χ0n) is 20.3. The second-order valence-corrected chi connectivity index (χ2v) is 8.87. The molecule has 3 rings (SSSR count). The molecule has 0 amide bonds. The summed E-state index contributed by atoms with van der Waals surface area (Å²) < 4.78 is 58.2. The minimum Gasteiger partial charge on any atom is -0.480 e. The van der Waals surface area contributed by atoms with Crippen LogP contribution in [0, 0.1) is 18.3 Å². The summed E-state index contributed by atoms with van der Waals surface area (Å²) in [7, 11) is 1.42. The van der Waals surface area contributed by atoms with Gasteiger partial charge in [0.25, 0.3) is 5.56 Å². The molecule has 3 aromatic rings. The van der Waals surface area contributed by atoms with E-state index in [-0.39, 0.29) is 36.0 Å². The molecule has 36 heavy (non-hydrogen) atoms. The fourth-order valence-corrected chi connectivity index (χ4v) is 3.15. The molecule has 2 aromatic heterocycles. The van der Waals surface area contributed by atoms with E-state index in [0.717, 1.165) is 10.9 Å². The molecule has 0 aliphatic rings. The molecule has 9 nitrogen and oxygen atoms in total. The summed E-state index contributed by atoms with van der Waals surface area (Å²) in [5.41, 5.74) is -1.46. The largest absolute Gasteiger partial charge is 0.480 e. The number of nitriles is 1. The average molecular weight is 503 g/mol. The maximum atomic E-state index is 13.6. The van der Waals surface area contributed by atoms with Crippen LogP contribution in [0.4, 0.5) is 13.2 Å². The van der Waals surface area contributed by atoms with Gasteiger partial charge in [-0.15, -0.1) is 10.2 Å². The van der Waals surface area contributed by atoms with Crippen LogP contribution in [0.2, 0.25) is 0 Å². The van der Waals surface area contributed by atoms with Crippen molar-refractivity contribution in [3.8, 4) is 23.4 Å². The van der Waals surface area contributed by atoms with Crippen molar-refractivity contribution in [2.24, 2.45) is 0 Å². The van der Waals surface area contributed by atoms with Crippen LogP contribution in [-0.2, 0) is 24.1 Å². The second-order valence-electron chi connectivity index (χ2n) is 8.87. The number of benzene rings is 1. The molecular weight excluding hydrogens is 479 g/mol.